The van der Waals surface area contributed by atoms with E-state index in [0.717, 1.165) is 44.5 Å². The summed E-state index contributed by atoms with van der Waals surface area (Å²) in [5, 5.41) is 3.54. The number of fused-ring (bicyclic) bond motifs is 1. The first-order valence-corrected chi connectivity index (χ1v) is 13.5. The van der Waals surface area contributed by atoms with Crippen molar-refractivity contribution in [1.82, 2.24) is 10.2 Å². The van der Waals surface area contributed by atoms with Gasteiger partial charge in [-0.15, -0.1) is 0 Å². The number of carbonyl (C=O) groups excluding carboxylic acids is 2. The lowest BCUT2D eigenvalue weighted by Gasteiger charge is -2.64. The normalized spacial score (nSPS) is 41.3. The van der Waals surface area contributed by atoms with E-state index in [1.807, 2.05) is 20.8 Å². The molecule has 3 heterocycles. The van der Waals surface area contributed by atoms with E-state index in [1.54, 1.807) is 4.90 Å². The molecule has 0 radical (unpaired) electrons. The van der Waals surface area contributed by atoms with Crippen LogP contribution in [0.3, 0.4) is 0 Å². The number of hydrogen-bond acceptors (Lipinski definition) is 7. The van der Waals surface area contributed by atoms with E-state index in [9.17, 15) is 9.59 Å². The van der Waals surface area contributed by atoms with E-state index < -0.39 is 17.7 Å². The Morgan fingerprint density at radius 3 is 2.60 bits per heavy atom. The second-order valence-electron chi connectivity index (χ2n) is 13.3. The van der Waals surface area contributed by atoms with Gasteiger partial charge in [0.15, 0.2) is 0 Å². The Bertz CT molecular complexity index is 876. The van der Waals surface area contributed by atoms with Crippen molar-refractivity contribution in [1.29, 1.82) is 0 Å². The Labute approximate surface area is 210 Å². The van der Waals surface area contributed by atoms with Crippen LogP contribution in [0.4, 0.5) is 4.79 Å². The first kappa shape index (κ1) is 25.3. The quantitative estimate of drug-likeness (QED) is 0.465. The minimum absolute atomic E-state index is 0.0395. The highest BCUT2D eigenvalue weighted by Gasteiger charge is 2.68. The van der Waals surface area contributed by atoms with E-state index in [4.69, 9.17) is 18.8 Å². The summed E-state index contributed by atoms with van der Waals surface area (Å²) in [7, 11) is 1.19. The molecule has 6 rings (SSSR count). The molecular formula is C26H43BN2O6. The van der Waals surface area contributed by atoms with E-state index in [0.29, 0.717) is 17.9 Å². The molecule has 35 heavy (non-hydrogen) atoms. The highest BCUT2D eigenvalue weighted by Crippen LogP contribution is 2.66. The number of likely N-dealkylation sites (tertiary alicyclic amines) is 1. The van der Waals surface area contributed by atoms with Crippen molar-refractivity contribution in [3.8, 4) is 0 Å². The minimum Gasteiger partial charge on any atom is -0.467 e. The van der Waals surface area contributed by atoms with Gasteiger partial charge in [-0.3, -0.25) is 4.90 Å². The summed E-state index contributed by atoms with van der Waals surface area (Å²) >= 11 is 0. The summed E-state index contributed by atoms with van der Waals surface area (Å²) < 4.78 is 23.9. The molecule has 1 amide bonds. The van der Waals surface area contributed by atoms with Crippen LogP contribution in [-0.2, 0) is 23.6 Å². The van der Waals surface area contributed by atoms with Crippen LogP contribution >= 0.6 is 0 Å². The first-order chi connectivity index (χ1) is 16.3. The van der Waals surface area contributed by atoms with E-state index in [2.05, 4.69) is 26.1 Å². The van der Waals surface area contributed by atoms with E-state index in [1.165, 1.54) is 13.5 Å². The molecule has 0 aromatic heterocycles. The summed E-state index contributed by atoms with van der Waals surface area (Å²) in [6.45, 7) is 13.8. The Morgan fingerprint density at radius 2 is 1.94 bits per heavy atom. The standard InChI is InChI=1S/C26H43BN2O6/c1-23(2,3)33-22(31)29-15-18-26(10-12-28-18,20(29)21(30)32-7)9-8-11-27-34-19-14-16-13-17(24(16,4)5)25(19,6)35-27/h16-20,28H,8-15H2,1-7H3/t16-,17-,18-,19+,20+,25-,26-/m0/s1. The van der Waals surface area contributed by atoms with Crippen molar-refractivity contribution in [3.05, 3.63) is 0 Å². The average Bonchev–Trinajstić information content (AvgIpc) is 3.39. The molecule has 1 N–H and O–H groups in total. The smallest absolute Gasteiger partial charge is 0.457 e. The topological polar surface area (TPSA) is 86.3 Å². The van der Waals surface area contributed by atoms with Crippen LogP contribution in [0.25, 0.3) is 0 Å². The number of rotatable bonds is 5. The molecule has 0 aromatic carbocycles. The van der Waals surface area contributed by atoms with Gasteiger partial charge in [0, 0.05) is 18.0 Å². The van der Waals surface area contributed by atoms with Crippen LogP contribution in [0.2, 0.25) is 6.32 Å². The van der Waals surface area contributed by atoms with Crippen LogP contribution in [0.5, 0.6) is 0 Å². The SMILES string of the molecule is COC(=O)[C@H]1N(C(=O)OC(C)(C)C)C[C@@H]2NCC[C@@]21CCCB1O[C@@H]2C[C@@H]3C[C@@H](C3(C)C)[C@]2(C)O1. The fourth-order valence-electron chi connectivity index (χ4n) is 8.13. The summed E-state index contributed by atoms with van der Waals surface area (Å²) in [5.41, 5.74) is -0.875. The lowest BCUT2D eigenvalue weighted by molar-refractivity contribution is -0.199. The predicted octanol–water partition coefficient (Wildman–Crippen LogP) is 3.64. The van der Waals surface area contributed by atoms with Crippen LogP contribution in [0.1, 0.15) is 73.6 Å². The third kappa shape index (κ3) is 3.91. The van der Waals surface area contributed by atoms with Crippen molar-refractivity contribution in [3.63, 3.8) is 0 Å². The van der Waals surface area contributed by atoms with Crippen LogP contribution in [0.15, 0.2) is 0 Å². The Kier molecular flexibility index (Phi) is 6.05. The molecule has 6 aliphatic rings. The molecule has 0 spiro atoms. The number of esters is 1. The Hall–Kier alpha value is -1.32. The monoisotopic (exact) mass is 490 g/mol. The highest BCUT2D eigenvalue weighted by molar-refractivity contribution is 6.45. The van der Waals surface area contributed by atoms with Crippen molar-refractivity contribution >= 4 is 19.2 Å². The van der Waals surface area contributed by atoms with Crippen LogP contribution in [0, 0.1) is 22.7 Å². The molecular weight excluding hydrogens is 447 g/mol. The summed E-state index contributed by atoms with van der Waals surface area (Å²) in [5.74, 6) is 0.915. The molecule has 8 nitrogen and oxygen atoms in total. The Morgan fingerprint density at radius 1 is 1.20 bits per heavy atom. The van der Waals surface area contributed by atoms with Gasteiger partial charge in [-0.2, -0.15) is 0 Å². The predicted molar refractivity (Wildman–Crippen MR) is 132 cm³/mol. The Balaban J connectivity index is 1.26. The van der Waals surface area contributed by atoms with Crippen molar-refractivity contribution in [2.45, 2.75) is 109 Å². The number of ether oxygens (including phenoxy) is 2. The minimum atomic E-state index is -0.652. The van der Waals surface area contributed by atoms with Gasteiger partial charge in [0.1, 0.15) is 11.6 Å². The van der Waals surface area contributed by atoms with Gasteiger partial charge in [-0.25, -0.2) is 9.59 Å². The largest absolute Gasteiger partial charge is 0.467 e. The third-order valence-electron chi connectivity index (χ3n) is 10.0. The molecule has 3 saturated carbocycles. The second kappa shape index (κ2) is 8.35. The number of nitrogens with zero attached hydrogens (tertiary/aromatic N) is 1. The fourth-order valence-corrected chi connectivity index (χ4v) is 8.13. The summed E-state index contributed by atoms with van der Waals surface area (Å²) in [6.07, 6.45) is 5.32. The third-order valence-corrected chi connectivity index (χ3v) is 10.0. The maximum absolute atomic E-state index is 13.0. The maximum Gasteiger partial charge on any atom is 0.457 e. The zero-order chi connectivity index (χ0) is 25.4. The number of carbonyl (C=O) groups is 2. The van der Waals surface area contributed by atoms with Gasteiger partial charge in [-0.05, 0) is 83.5 Å². The molecule has 7 atom stereocenters. The van der Waals surface area contributed by atoms with Crippen molar-refractivity contribution in [2.24, 2.45) is 22.7 Å². The average molecular weight is 490 g/mol. The van der Waals surface area contributed by atoms with E-state index >= 15 is 0 Å². The fraction of sp³-hybridized carbons (Fsp3) is 0.923. The van der Waals surface area contributed by atoms with Gasteiger partial charge >= 0.3 is 19.2 Å². The summed E-state index contributed by atoms with van der Waals surface area (Å²) in [4.78, 5) is 27.7. The zero-order valence-electron chi connectivity index (χ0n) is 22.5. The van der Waals surface area contributed by atoms with Crippen molar-refractivity contribution < 1.29 is 28.4 Å². The number of nitrogens with one attached hydrogen (secondary N) is 1. The van der Waals surface area contributed by atoms with E-state index in [-0.39, 0.29) is 36.2 Å². The van der Waals surface area contributed by atoms with Gasteiger partial charge in [0.2, 0.25) is 0 Å². The van der Waals surface area contributed by atoms with Crippen molar-refractivity contribution in [2.75, 3.05) is 20.2 Å². The van der Waals surface area contributed by atoms with Crippen LogP contribution < -0.4 is 5.32 Å². The molecule has 3 aliphatic carbocycles. The molecule has 3 saturated heterocycles. The molecule has 2 bridgehead atoms. The summed E-state index contributed by atoms with van der Waals surface area (Å²) in [6, 6.07) is -0.612. The maximum atomic E-state index is 13.0. The van der Waals surface area contributed by atoms with Gasteiger partial charge < -0.3 is 24.1 Å². The molecule has 0 unspecified atom stereocenters. The lowest BCUT2D eigenvalue weighted by Crippen LogP contribution is -2.65. The van der Waals surface area contributed by atoms with Gasteiger partial charge in [-0.1, -0.05) is 20.3 Å². The number of methoxy groups -OCH3 is 1. The second-order valence-corrected chi connectivity index (χ2v) is 13.3. The molecule has 196 valence electrons. The van der Waals surface area contributed by atoms with Gasteiger partial charge in [0.25, 0.3) is 0 Å². The first-order valence-electron chi connectivity index (χ1n) is 13.5. The zero-order valence-corrected chi connectivity index (χ0v) is 22.5. The molecule has 3 aliphatic heterocycles. The molecule has 0 aromatic rings. The number of amides is 1. The molecule has 6 fully saturated rings. The number of hydrogen-bond donors (Lipinski definition) is 1. The highest BCUT2D eigenvalue weighted by atomic mass is 16.7. The van der Waals surface area contributed by atoms with Gasteiger partial charge in [0.05, 0.1) is 18.8 Å². The van der Waals surface area contributed by atoms with Crippen LogP contribution in [-0.4, -0.2) is 73.7 Å². The molecule has 9 heteroatoms. The lowest BCUT2D eigenvalue weighted by atomic mass is 9.43.